The van der Waals surface area contributed by atoms with Crippen LogP contribution in [-0.4, -0.2) is 38.4 Å². The summed E-state index contributed by atoms with van der Waals surface area (Å²) < 4.78 is 5.35. The van der Waals surface area contributed by atoms with E-state index in [1.807, 2.05) is 0 Å². The van der Waals surface area contributed by atoms with Crippen molar-refractivity contribution in [2.45, 2.75) is 38.3 Å². The Morgan fingerprint density at radius 1 is 1.38 bits per heavy atom. The van der Waals surface area contributed by atoms with Gasteiger partial charge in [-0.15, -0.1) is 0 Å². The Labute approximate surface area is 81.2 Å². The van der Waals surface area contributed by atoms with E-state index >= 15 is 0 Å². The maximum atomic E-state index is 5.35. The van der Waals surface area contributed by atoms with Crippen molar-refractivity contribution in [2.75, 3.05) is 26.7 Å². The van der Waals surface area contributed by atoms with Gasteiger partial charge in [0.1, 0.15) is 0 Å². The second kappa shape index (κ2) is 4.94. The van der Waals surface area contributed by atoms with Crippen LogP contribution in [0, 0.1) is 0 Å². The molecule has 1 saturated heterocycles. The molecule has 0 aromatic carbocycles. The molecule has 1 fully saturated rings. The van der Waals surface area contributed by atoms with E-state index in [1.54, 1.807) is 7.11 Å². The molecule has 3 nitrogen and oxygen atoms in total. The van der Waals surface area contributed by atoms with Gasteiger partial charge in [0.2, 0.25) is 0 Å². The zero-order chi connectivity index (χ0) is 9.73. The monoisotopic (exact) mass is 186 g/mol. The minimum Gasteiger partial charge on any atom is -0.377 e. The fourth-order valence-electron chi connectivity index (χ4n) is 1.49. The van der Waals surface area contributed by atoms with Crippen molar-refractivity contribution in [3.05, 3.63) is 0 Å². The van der Waals surface area contributed by atoms with Gasteiger partial charge in [-0.3, -0.25) is 0 Å². The minimum atomic E-state index is -0.0368. The quantitative estimate of drug-likeness (QED) is 0.680. The second-order valence-electron chi connectivity index (χ2n) is 4.37. The lowest BCUT2D eigenvalue weighted by Crippen LogP contribution is -2.46. The van der Waals surface area contributed by atoms with Crippen LogP contribution in [0.3, 0.4) is 0 Å². The van der Waals surface area contributed by atoms with E-state index in [2.05, 4.69) is 24.5 Å². The van der Waals surface area contributed by atoms with Gasteiger partial charge in [-0.25, -0.2) is 0 Å². The molecular weight excluding hydrogens is 164 g/mol. The number of rotatable bonds is 4. The fraction of sp³-hybridized carbons (Fsp3) is 1.00. The lowest BCUT2D eigenvalue weighted by Gasteiger charge is -2.29. The molecule has 1 heterocycles. The first-order valence-corrected chi connectivity index (χ1v) is 5.13. The molecule has 1 aliphatic heterocycles. The summed E-state index contributed by atoms with van der Waals surface area (Å²) in [4.78, 5) is 0. The van der Waals surface area contributed by atoms with Crippen molar-refractivity contribution < 1.29 is 4.74 Å². The molecule has 0 aromatic rings. The van der Waals surface area contributed by atoms with Crippen LogP contribution in [0.15, 0.2) is 0 Å². The van der Waals surface area contributed by atoms with Gasteiger partial charge in [0.05, 0.1) is 5.60 Å². The summed E-state index contributed by atoms with van der Waals surface area (Å²) in [7, 11) is 1.77. The topological polar surface area (TPSA) is 33.3 Å². The van der Waals surface area contributed by atoms with Crippen LogP contribution in [-0.2, 0) is 4.74 Å². The van der Waals surface area contributed by atoms with Crippen LogP contribution in [0.4, 0.5) is 0 Å². The first kappa shape index (κ1) is 11.0. The Morgan fingerprint density at radius 2 is 2.00 bits per heavy atom. The fourth-order valence-corrected chi connectivity index (χ4v) is 1.49. The van der Waals surface area contributed by atoms with Gasteiger partial charge >= 0.3 is 0 Å². The molecule has 0 bridgehead atoms. The maximum absolute atomic E-state index is 5.35. The van der Waals surface area contributed by atoms with Crippen molar-refractivity contribution in [2.24, 2.45) is 0 Å². The lowest BCUT2D eigenvalue weighted by molar-refractivity contribution is 0.0202. The van der Waals surface area contributed by atoms with Crippen LogP contribution in [0.2, 0.25) is 0 Å². The summed E-state index contributed by atoms with van der Waals surface area (Å²) in [5.41, 5.74) is -0.0368. The van der Waals surface area contributed by atoms with E-state index < -0.39 is 0 Å². The van der Waals surface area contributed by atoms with Crippen LogP contribution >= 0.6 is 0 Å². The number of hydrogen-bond donors (Lipinski definition) is 2. The van der Waals surface area contributed by atoms with E-state index in [9.17, 15) is 0 Å². The van der Waals surface area contributed by atoms with Gasteiger partial charge in [0.25, 0.3) is 0 Å². The predicted molar refractivity (Wildman–Crippen MR) is 55.0 cm³/mol. The Hall–Kier alpha value is -0.120. The third kappa shape index (κ3) is 4.07. The number of nitrogens with one attached hydrogen (secondary N) is 2. The minimum absolute atomic E-state index is 0.0368. The molecule has 0 atom stereocenters. The van der Waals surface area contributed by atoms with E-state index in [4.69, 9.17) is 4.74 Å². The molecule has 1 aliphatic rings. The average molecular weight is 186 g/mol. The summed E-state index contributed by atoms with van der Waals surface area (Å²) in [6.07, 6.45) is 2.47. The predicted octanol–water partition coefficient (Wildman–Crippen LogP) is 0.753. The molecular formula is C10H22N2O. The highest BCUT2D eigenvalue weighted by Crippen LogP contribution is 2.08. The summed E-state index contributed by atoms with van der Waals surface area (Å²) in [6, 6.07) is 0.677. The molecule has 13 heavy (non-hydrogen) atoms. The van der Waals surface area contributed by atoms with E-state index in [1.165, 1.54) is 12.8 Å². The van der Waals surface area contributed by atoms with Crippen molar-refractivity contribution >= 4 is 0 Å². The zero-order valence-electron chi connectivity index (χ0n) is 9.02. The number of piperidine rings is 1. The summed E-state index contributed by atoms with van der Waals surface area (Å²) >= 11 is 0. The second-order valence-corrected chi connectivity index (χ2v) is 4.37. The van der Waals surface area contributed by atoms with Crippen LogP contribution in [0.25, 0.3) is 0 Å². The summed E-state index contributed by atoms with van der Waals surface area (Å²) in [5.74, 6) is 0. The Bertz CT molecular complexity index is 142. The van der Waals surface area contributed by atoms with Gasteiger partial charge in [-0.2, -0.15) is 0 Å². The molecule has 0 amide bonds. The Kier molecular flexibility index (Phi) is 4.16. The highest BCUT2D eigenvalue weighted by atomic mass is 16.5. The van der Waals surface area contributed by atoms with Crippen molar-refractivity contribution in [1.82, 2.24) is 10.6 Å². The molecule has 0 aromatic heterocycles. The van der Waals surface area contributed by atoms with Crippen molar-refractivity contribution in [3.8, 4) is 0 Å². The van der Waals surface area contributed by atoms with Gasteiger partial charge < -0.3 is 15.4 Å². The standard InChI is InChI=1S/C10H22N2O/c1-10(2,13-3)8-12-9-4-6-11-7-5-9/h9,11-12H,4-8H2,1-3H3. The molecule has 0 spiro atoms. The first-order valence-electron chi connectivity index (χ1n) is 5.13. The van der Waals surface area contributed by atoms with E-state index in [-0.39, 0.29) is 5.60 Å². The third-order valence-corrected chi connectivity index (χ3v) is 2.71. The molecule has 2 N–H and O–H groups in total. The molecule has 0 aliphatic carbocycles. The van der Waals surface area contributed by atoms with Gasteiger partial charge in [0, 0.05) is 19.7 Å². The first-order chi connectivity index (χ1) is 6.14. The van der Waals surface area contributed by atoms with Gasteiger partial charge in [0.15, 0.2) is 0 Å². The SMILES string of the molecule is COC(C)(C)CNC1CCNCC1. The van der Waals surface area contributed by atoms with Crippen LogP contribution in [0.1, 0.15) is 26.7 Å². The number of hydrogen-bond acceptors (Lipinski definition) is 3. The third-order valence-electron chi connectivity index (χ3n) is 2.71. The van der Waals surface area contributed by atoms with Crippen LogP contribution in [0.5, 0.6) is 0 Å². The normalized spacial score (nSPS) is 20.5. The highest BCUT2D eigenvalue weighted by Gasteiger charge is 2.19. The van der Waals surface area contributed by atoms with Crippen molar-refractivity contribution in [3.63, 3.8) is 0 Å². The smallest absolute Gasteiger partial charge is 0.0746 e. The Morgan fingerprint density at radius 3 is 2.54 bits per heavy atom. The molecule has 1 rings (SSSR count). The average Bonchev–Trinajstić information content (AvgIpc) is 2.17. The van der Waals surface area contributed by atoms with E-state index in [0.29, 0.717) is 6.04 Å². The number of methoxy groups -OCH3 is 1. The Balaban J connectivity index is 2.17. The highest BCUT2D eigenvalue weighted by molar-refractivity contribution is 4.79. The zero-order valence-corrected chi connectivity index (χ0v) is 9.02. The van der Waals surface area contributed by atoms with Gasteiger partial charge in [-0.1, -0.05) is 0 Å². The molecule has 0 unspecified atom stereocenters. The summed E-state index contributed by atoms with van der Waals surface area (Å²) in [6.45, 7) is 7.45. The molecule has 0 saturated carbocycles. The summed E-state index contributed by atoms with van der Waals surface area (Å²) in [5, 5.41) is 6.90. The number of ether oxygens (including phenoxy) is 1. The molecule has 3 heteroatoms. The lowest BCUT2D eigenvalue weighted by atomic mass is 10.0. The van der Waals surface area contributed by atoms with Crippen molar-refractivity contribution in [1.29, 1.82) is 0 Å². The van der Waals surface area contributed by atoms with Gasteiger partial charge in [-0.05, 0) is 39.8 Å². The largest absolute Gasteiger partial charge is 0.377 e. The maximum Gasteiger partial charge on any atom is 0.0746 e. The van der Waals surface area contributed by atoms with Crippen LogP contribution < -0.4 is 10.6 Å². The molecule has 0 radical (unpaired) electrons. The molecule has 78 valence electrons. The van der Waals surface area contributed by atoms with E-state index in [0.717, 1.165) is 19.6 Å².